The van der Waals surface area contributed by atoms with E-state index in [-0.39, 0.29) is 6.04 Å². The number of benzene rings is 1. The molecule has 0 aliphatic rings. The van der Waals surface area contributed by atoms with Crippen molar-refractivity contribution in [3.8, 4) is 0 Å². The lowest BCUT2D eigenvalue weighted by atomic mass is 10.0. The summed E-state index contributed by atoms with van der Waals surface area (Å²) in [5.74, 6) is 1.74. The molecular formula is C16H19Br2NO2. The van der Waals surface area contributed by atoms with Crippen LogP contribution in [0.5, 0.6) is 0 Å². The van der Waals surface area contributed by atoms with Crippen LogP contribution in [0.25, 0.3) is 0 Å². The quantitative estimate of drug-likeness (QED) is 0.686. The first-order valence-corrected chi connectivity index (χ1v) is 8.49. The summed E-state index contributed by atoms with van der Waals surface area (Å²) in [5, 5.41) is 3.54. The summed E-state index contributed by atoms with van der Waals surface area (Å²) in [4.78, 5) is 0. The number of halogens is 2. The topological polar surface area (TPSA) is 34.4 Å². The lowest BCUT2D eigenvalue weighted by molar-refractivity contribution is 0.162. The van der Waals surface area contributed by atoms with Gasteiger partial charge >= 0.3 is 0 Å². The van der Waals surface area contributed by atoms with Gasteiger partial charge in [-0.05, 0) is 48.9 Å². The van der Waals surface area contributed by atoms with Crippen molar-refractivity contribution in [2.45, 2.75) is 26.0 Å². The van der Waals surface area contributed by atoms with E-state index in [1.165, 1.54) is 0 Å². The zero-order chi connectivity index (χ0) is 15.2. The molecule has 0 aliphatic carbocycles. The van der Waals surface area contributed by atoms with E-state index in [0.717, 1.165) is 39.0 Å². The maximum Gasteiger partial charge on any atom is 0.129 e. The van der Waals surface area contributed by atoms with Gasteiger partial charge in [0.2, 0.25) is 0 Å². The molecular weight excluding hydrogens is 398 g/mol. The van der Waals surface area contributed by atoms with E-state index in [9.17, 15) is 0 Å². The molecule has 0 spiro atoms. The lowest BCUT2D eigenvalue weighted by Crippen LogP contribution is -2.22. The SMILES string of the molecule is CCCNC(c1cc(Br)cc(Br)c1)c1ccc(COC)o1. The monoisotopic (exact) mass is 415 g/mol. The van der Waals surface area contributed by atoms with Gasteiger partial charge in [-0.1, -0.05) is 38.8 Å². The van der Waals surface area contributed by atoms with E-state index in [1.54, 1.807) is 7.11 Å². The van der Waals surface area contributed by atoms with Crippen molar-refractivity contribution in [2.24, 2.45) is 0 Å². The van der Waals surface area contributed by atoms with Gasteiger partial charge in [0.15, 0.2) is 0 Å². The molecule has 1 N–H and O–H groups in total. The molecule has 3 nitrogen and oxygen atoms in total. The highest BCUT2D eigenvalue weighted by atomic mass is 79.9. The molecule has 1 aromatic carbocycles. The summed E-state index contributed by atoms with van der Waals surface area (Å²) in [6.07, 6.45) is 1.07. The molecule has 1 aromatic heterocycles. The Morgan fingerprint density at radius 3 is 2.52 bits per heavy atom. The van der Waals surface area contributed by atoms with Gasteiger partial charge in [-0.2, -0.15) is 0 Å². The second kappa shape index (κ2) is 8.13. The fourth-order valence-corrected chi connectivity index (χ4v) is 3.51. The smallest absolute Gasteiger partial charge is 0.129 e. The Labute approximate surface area is 142 Å². The van der Waals surface area contributed by atoms with Gasteiger partial charge in [0, 0.05) is 16.1 Å². The largest absolute Gasteiger partial charge is 0.462 e. The Hall–Kier alpha value is -0.620. The molecule has 0 bridgehead atoms. The third-order valence-electron chi connectivity index (χ3n) is 3.07. The molecule has 2 rings (SSSR count). The minimum atomic E-state index is 0.0318. The summed E-state index contributed by atoms with van der Waals surface area (Å²) in [7, 11) is 1.67. The van der Waals surface area contributed by atoms with Crippen molar-refractivity contribution >= 4 is 31.9 Å². The molecule has 1 atom stereocenters. The highest BCUT2D eigenvalue weighted by Gasteiger charge is 2.18. The number of hydrogen-bond donors (Lipinski definition) is 1. The molecule has 1 unspecified atom stereocenters. The first-order chi connectivity index (χ1) is 10.1. The van der Waals surface area contributed by atoms with E-state index in [0.29, 0.717) is 6.61 Å². The minimum Gasteiger partial charge on any atom is -0.462 e. The number of furan rings is 1. The summed E-state index contributed by atoms with van der Waals surface area (Å²) in [6.45, 7) is 3.57. The van der Waals surface area contributed by atoms with Crippen molar-refractivity contribution in [3.05, 3.63) is 56.4 Å². The van der Waals surface area contributed by atoms with Gasteiger partial charge in [0.1, 0.15) is 18.1 Å². The van der Waals surface area contributed by atoms with E-state index in [4.69, 9.17) is 9.15 Å². The lowest BCUT2D eigenvalue weighted by Gasteiger charge is -2.17. The maximum absolute atomic E-state index is 5.90. The van der Waals surface area contributed by atoms with Gasteiger partial charge < -0.3 is 14.5 Å². The highest BCUT2D eigenvalue weighted by molar-refractivity contribution is 9.11. The molecule has 0 amide bonds. The third kappa shape index (κ3) is 4.68. The Kier molecular flexibility index (Phi) is 6.48. The maximum atomic E-state index is 5.90. The summed E-state index contributed by atoms with van der Waals surface area (Å²) < 4.78 is 13.1. The molecule has 0 fully saturated rings. The number of nitrogens with one attached hydrogen (secondary N) is 1. The normalized spacial score (nSPS) is 12.6. The van der Waals surface area contributed by atoms with Crippen LogP contribution in [0.15, 0.2) is 43.7 Å². The van der Waals surface area contributed by atoms with E-state index >= 15 is 0 Å². The van der Waals surface area contributed by atoms with Crippen molar-refractivity contribution in [1.29, 1.82) is 0 Å². The van der Waals surface area contributed by atoms with Crippen LogP contribution in [0.1, 0.15) is 36.5 Å². The van der Waals surface area contributed by atoms with Gasteiger partial charge in [-0.15, -0.1) is 0 Å². The first-order valence-electron chi connectivity index (χ1n) is 6.91. The predicted molar refractivity (Wildman–Crippen MR) is 91.4 cm³/mol. The Bertz CT molecular complexity index is 563. The van der Waals surface area contributed by atoms with Gasteiger partial charge in [-0.3, -0.25) is 0 Å². The fourth-order valence-electron chi connectivity index (χ4n) is 2.18. The van der Waals surface area contributed by atoms with Crippen LogP contribution in [0.3, 0.4) is 0 Å². The van der Waals surface area contributed by atoms with Crippen LogP contribution in [-0.2, 0) is 11.3 Å². The molecule has 114 valence electrons. The number of methoxy groups -OCH3 is 1. The third-order valence-corrected chi connectivity index (χ3v) is 3.99. The molecule has 0 aliphatic heterocycles. The van der Waals surface area contributed by atoms with Crippen LogP contribution < -0.4 is 5.32 Å². The molecule has 0 radical (unpaired) electrons. The Morgan fingerprint density at radius 1 is 1.19 bits per heavy atom. The Morgan fingerprint density at radius 2 is 1.90 bits per heavy atom. The van der Waals surface area contributed by atoms with Crippen LogP contribution >= 0.6 is 31.9 Å². The number of hydrogen-bond acceptors (Lipinski definition) is 3. The van der Waals surface area contributed by atoms with Crippen molar-refractivity contribution in [1.82, 2.24) is 5.32 Å². The zero-order valence-electron chi connectivity index (χ0n) is 12.2. The Balaban J connectivity index is 2.31. The van der Waals surface area contributed by atoms with Crippen molar-refractivity contribution in [2.75, 3.05) is 13.7 Å². The number of ether oxygens (including phenoxy) is 1. The van der Waals surface area contributed by atoms with Gasteiger partial charge in [0.05, 0.1) is 6.04 Å². The number of rotatable bonds is 7. The summed E-state index contributed by atoms with van der Waals surface area (Å²) in [6, 6.07) is 10.2. The average Bonchev–Trinajstić information content (AvgIpc) is 2.87. The molecule has 21 heavy (non-hydrogen) atoms. The highest BCUT2D eigenvalue weighted by Crippen LogP contribution is 2.29. The summed E-state index contributed by atoms with van der Waals surface area (Å²) >= 11 is 7.09. The second-order valence-corrected chi connectivity index (χ2v) is 6.66. The first kappa shape index (κ1) is 16.7. The molecule has 0 saturated carbocycles. The minimum absolute atomic E-state index is 0.0318. The molecule has 0 saturated heterocycles. The van der Waals surface area contributed by atoms with E-state index < -0.39 is 0 Å². The zero-order valence-corrected chi connectivity index (χ0v) is 15.3. The van der Waals surface area contributed by atoms with Crippen LogP contribution in [0.4, 0.5) is 0 Å². The molecule has 2 aromatic rings. The van der Waals surface area contributed by atoms with Crippen LogP contribution in [0.2, 0.25) is 0 Å². The standard InChI is InChI=1S/C16H19Br2NO2/c1-3-6-19-16(11-7-12(17)9-13(18)8-11)15-5-4-14(21-15)10-20-2/h4-5,7-9,16,19H,3,6,10H2,1-2H3. The van der Waals surface area contributed by atoms with Gasteiger partial charge in [0.25, 0.3) is 0 Å². The van der Waals surface area contributed by atoms with E-state index in [1.807, 2.05) is 18.2 Å². The van der Waals surface area contributed by atoms with Crippen molar-refractivity contribution in [3.63, 3.8) is 0 Å². The second-order valence-electron chi connectivity index (χ2n) is 4.83. The van der Waals surface area contributed by atoms with Crippen molar-refractivity contribution < 1.29 is 9.15 Å². The van der Waals surface area contributed by atoms with Gasteiger partial charge in [-0.25, -0.2) is 0 Å². The molecule has 5 heteroatoms. The molecule has 1 heterocycles. The van der Waals surface area contributed by atoms with Crippen LogP contribution in [0, 0.1) is 0 Å². The average molecular weight is 417 g/mol. The fraction of sp³-hybridized carbons (Fsp3) is 0.375. The van der Waals surface area contributed by atoms with E-state index in [2.05, 4.69) is 56.2 Å². The van der Waals surface area contributed by atoms with Crippen LogP contribution in [-0.4, -0.2) is 13.7 Å². The predicted octanol–water partition coefficient (Wildman–Crippen LogP) is 5.04. The summed E-state index contributed by atoms with van der Waals surface area (Å²) in [5.41, 5.74) is 1.16.